The van der Waals surface area contributed by atoms with E-state index in [4.69, 9.17) is 5.73 Å². The molecule has 0 aromatic carbocycles. The smallest absolute Gasteiger partial charge is 0.0854 e. The van der Waals surface area contributed by atoms with E-state index in [1.165, 1.54) is 5.56 Å². The maximum Gasteiger partial charge on any atom is 0.0854 e. The number of aromatic nitrogens is 2. The highest BCUT2D eigenvalue weighted by molar-refractivity contribution is 5.29. The largest absolute Gasteiger partial charge is 0.321 e. The van der Waals surface area contributed by atoms with Gasteiger partial charge in [0.15, 0.2) is 0 Å². The molecule has 80 valence electrons. The summed E-state index contributed by atoms with van der Waals surface area (Å²) in [5.74, 6) is 0. The van der Waals surface area contributed by atoms with Crippen molar-refractivity contribution >= 4 is 0 Å². The molecule has 0 aliphatic rings. The van der Waals surface area contributed by atoms with Crippen LogP contribution in [-0.4, -0.2) is 9.78 Å². The Bertz CT molecular complexity index is 292. The van der Waals surface area contributed by atoms with Crippen LogP contribution >= 0.6 is 0 Å². The summed E-state index contributed by atoms with van der Waals surface area (Å²) in [4.78, 5) is 0. The maximum atomic E-state index is 6.09. The number of hydrogen-bond acceptors (Lipinski definition) is 2. The molecule has 3 heteroatoms. The Hall–Kier alpha value is -0.830. The van der Waals surface area contributed by atoms with Crippen LogP contribution in [0.2, 0.25) is 0 Å². The minimum atomic E-state index is -0.371. The van der Waals surface area contributed by atoms with E-state index in [-0.39, 0.29) is 11.0 Å². The average Bonchev–Trinajstić information content (AvgIpc) is 2.27. The highest BCUT2D eigenvalue weighted by atomic mass is 15.3. The van der Waals surface area contributed by atoms with Gasteiger partial charge in [-0.05, 0) is 19.3 Å². The van der Waals surface area contributed by atoms with Crippen molar-refractivity contribution in [2.24, 2.45) is 12.8 Å². The lowest BCUT2D eigenvalue weighted by molar-refractivity contribution is 0.495. The van der Waals surface area contributed by atoms with Gasteiger partial charge in [0, 0.05) is 18.8 Å². The van der Waals surface area contributed by atoms with Gasteiger partial charge in [0.05, 0.1) is 11.2 Å². The molecule has 14 heavy (non-hydrogen) atoms. The van der Waals surface area contributed by atoms with Crippen LogP contribution in [-0.2, 0) is 18.0 Å². The SMILES string of the molecule is Cn1cc(C(C)(C)C)c(C(C)(C)N)n1. The second kappa shape index (κ2) is 3.09. The van der Waals surface area contributed by atoms with Gasteiger partial charge in [0.2, 0.25) is 0 Å². The average molecular weight is 195 g/mol. The van der Waals surface area contributed by atoms with Gasteiger partial charge in [-0.3, -0.25) is 4.68 Å². The summed E-state index contributed by atoms with van der Waals surface area (Å²) >= 11 is 0. The molecule has 1 aromatic heterocycles. The molecule has 3 nitrogen and oxygen atoms in total. The zero-order valence-corrected chi connectivity index (χ0v) is 10.0. The van der Waals surface area contributed by atoms with E-state index >= 15 is 0 Å². The molecule has 0 unspecified atom stereocenters. The summed E-state index contributed by atoms with van der Waals surface area (Å²) in [6, 6.07) is 0. The lowest BCUT2D eigenvalue weighted by atomic mass is 9.83. The number of rotatable bonds is 1. The third kappa shape index (κ3) is 2.15. The van der Waals surface area contributed by atoms with E-state index in [1.54, 1.807) is 0 Å². The summed E-state index contributed by atoms with van der Waals surface area (Å²) < 4.78 is 1.84. The van der Waals surface area contributed by atoms with Crippen LogP contribution in [0.5, 0.6) is 0 Å². The summed E-state index contributed by atoms with van der Waals surface area (Å²) in [6.07, 6.45) is 2.06. The van der Waals surface area contributed by atoms with Crippen LogP contribution in [0.4, 0.5) is 0 Å². The Balaban J connectivity index is 3.31. The molecule has 0 amide bonds. The third-order valence-electron chi connectivity index (χ3n) is 2.25. The van der Waals surface area contributed by atoms with Crippen molar-refractivity contribution < 1.29 is 0 Å². The maximum absolute atomic E-state index is 6.09. The van der Waals surface area contributed by atoms with Gasteiger partial charge in [-0.25, -0.2) is 0 Å². The van der Waals surface area contributed by atoms with E-state index in [1.807, 2.05) is 25.6 Å². The molecule has 0 bridgehead atoms. The molecule has 0 saturated carbocycles. The summed E-state index contributed by atoms with van der Waals surface area (Å²) in [7, 11) is 1.94. The first-order valence-corrected chi connectivity index (χ1v) is 4.96. The number of nitrogens with zero attached hydrogens (tertiary/aromatic N) is 2. The minimum absolute atomic E-state index is 0.0975. The Morgan fingerprint density at radius 1 is 1.21 bits per heavy atom. The molecular weight excluding hydrogens is 174 g/mol. The van der Waals surface area contributed by atoms with Gasteiger partial charge >= 0.3 is 0 Å². The quantitative estimate of drug-likeness (QED) is 0.744. The first-order valence-electron chi connectivity index (χ1n) is 4.96. The van der Waals surface area contributed by atoms with Gasteiger partial charge in [-0.15, -0.1) is 0 Å². The van der Waals surface area contributed by atoms with E-state index in [0.29, 0.717) is 0 Å². The summed E-state index contributed by atoms with van der Waals surface area (Å²) in [5, 5.41) is 4.44. The first-order chi connectivity index (χ1) is 6.12. The molecule has 0 fully saturated rings. The summed E-state index contributed by atoms with van der Waals surface area (Å²) in [6.45, 7) is 10.5. The predicted molar refractivity (Wildman–Crippen MR) is 59.1 cm³/mol. The van der Waals surface area contributed by atoms with E-state index in [9.17, 15) is 0 Å². The fraction of sp³-hybridized carbons (Fsp3) is 0.727. The van der Waals surface area contributed by atoms with Crippen molar-refractivity contribution in [2.45, 2.75) is 45.6 Å². The Labute approximate surface area is 86.3 Å². The summed E-state index contributed by atoms with van der Waals surface area (Å²) in [5.41, 5.74) is 8.04. The molecule has 0 aliphatic carbocycles. The van der Waals surface area contributed by atoms with Crippen molar-refractivity contribution in [3.05, 3.63) is 17.5 Å². The van der Waals surface area contributed by atoms with Crippen LogP contribution in [0.1, 0.15) is 45.9 Å². The topological polar surface area (TPSA) is 43.8 Å². The highest BCUT2D eigenvalue weighted by Gasteiger charge is 2.28. The van der Waals surface area contributed by atoms with Crippen LogP contribution in [0, 0.1) is 0 Å². The van der Waals surface area contributed by atoms with Crippen molar-refractivity contribution in [2.75, 3.05) is 0 Å². The van der Waals surface area contributed by atoms with Crippen molar-refractivity contribution in [3.8, 4) is 0 Å². The second-order valence-corrected chi connectivity index (χ2v) is 5.54. The number of nitrogens with two attached hydrogens (primary N) is 1. The van der Waals surface area contributed by atoms with Crippen LogP contribution in [0.15, 0.2) is 6.20 Å². The molecule has 0 spiro atoms. The molecule has 1 rings (SSSR count). The van der Waals surface area contributed by atoms with Gasteiger partial charge in [-0.2, -0.15) is 5.10 Å². The fourth-order valence-electron chi connectivity index (χ4n) is 1.51. The van der Waals surface area contributed by atoms with Crippen molar-refractivity contribution in [1.82, 2.24) is 9.78 Å². The van der Waals surface area contributed by atoms with Gasteiger partial charge in [-0.1, -0.05) is 20.8 Å². The monoisotopic (exact) mass is 195 g/mol. The molecule has 2 N–H and O–H groups in total. The minimum Gasteiger partial charge on any atom is -0.321 e. The van der Waals surface area contributed by atoms with Gasteiger partial charge in [0.1, 0.15) is 0 Å². The second-order valence-electron chi connectivity index (χ2n) is 5.54. The zero-order valence-electron chi connectivity index (χ0n) is 10.0. The fourth-order valence-corrected chi connectivity index (χ4v) is 1.51. The highest BCUT2D eigenvalue weighted by Crippen LogP contribution is 2.29. The Kier molecular flexibility index (Phi) is 2.48. The predicted octanol–water partition coefficient (Wildman–Crippen LogP) is 1.91. The van der Waals surface area contributed by atoms with Crippen LogP contribution in [0.3, 0.4) is 0 Å². The van der Waals surface area contributed by atoms with Crippen molar-refractivity contribution in [3.63, 3.8) is 0 Å². The lowest BCUT2D eigenvalue weighted by Gasteiger charge is -2.24. The van der Waals surface area contributed by atoms with Crippen molar-refractivity contribution in [1.29, 1.82) is 0 Å². The molecule has 0 atom stereocenters. The van der Waals surface area contributed by atoms with Gasteiger partial charge in [0.25, 0.3) is 0 Å². The number of aryl methyl sites for hydroxylation is 1. The number of hydrogen-bond donors (Lipinski definition) is 1. The molecule has 0 saturated heterocycles. The van der Waals surface area contributed by atoms with E-state index in [2.05, 4.69) is 32.1 Å². The standard InChI is InChI=1S/C11H21N3/c1-10(2,3)8-7-14(6)13-9(8)11(4,5)12/h7H,12H2,1-6H3. The molecule has 0 aliphatic heterocycles. The third-order valence-corrected chi connectivity index (χ3v) is 2.25. The molecule has 1 aromatic rings. The normalized spacial score (nSPS) is 13.4. The first kappa shape index (κ1) is 11.2. The Morgan fingerprint density at radius 2 is 1.71 bits per heavy atom. The zero-order chi connectivity index (χ0) is 11.1. The molecular formula is C11H21N3. The van der Waals surface area contributed by atoms with E-state index in [0.717, 1.165) is 5.69 Å². The molecule has 1 heterocycles. The van der Waals surface area contributed by atoms with E-state index < -0.39 is 0 Å². The molecule has 0 radical (unpaired) electrons. The Morgan fingerprint density at radius 3 is 2.00 bits per heavy atom. The lowest BCUT2D eigenvalue weighted by Crippen LogP contribution is -2.32. The van der Waals surface area contributed by atoms with Crippen LogP contribution < -0.4 is 5.73 Å². The van der Waals surface area contributed by atoms with Gasteiger partial charge < -0.3 is 5.73 Å². The van der Waals surface area contributed by atoms with Crippen LogP contribution in [0.25, 0.3) is 0 Å².